The predicted octanol–water partition coefficient (Wildman–Crippen LogP) is 3.57. The minimum absolute atomic E-state index is 0.136. The first kappa shape index (κ1) is 12.0. The molecule has 1 amide bonds. The molecule has 19 heavy (non-hydrogen) atoms. The summed E-state index contributed by atoms with van der Waals surface area (Å²) in [6, 6.07) is 11.8. The number of amides is 1. The van der Waals surface area contributed by atoms with Crippen LogP contribution in [0.15, 0.2) is 42.5 Å². The molecular weight excluding hydrogens is 267 g/mol. The minimum atomic E-state index is -0.447. The van der Waals surface area contributed by atoms with Gasteiger partial charge in [-0.2, -0.15) is 0 Å². The van der Waals surface area contributed by atoms with Crippen LogP contribution in [0.4, 0.5) is 21.5 Å². The van der Waals surface area contributed by atoms with Crippen molar-refractivity contribution in [2.75, 3.05) is 16.8 Å². The summed E-state index contributed by atoms with van der Waals surface area (Å²) in [6.07, 6.45) is 0. The summed E-state index contributed by atoms with van der Waals surface area (Å²) in [6.45, 7) is 0.136. The number of fused-ring (bicyclic) bond motifs is 1. The van der Waals surface area contributed by atoms with E-state index in [0.29, 0.717) is 10.7 Å². The van der Waals surface area contributed by atoms with E-state index in [4.69, 9.17) is 11.6 Å². The zero-order valence-corrected chi connectivity index (χ0v) is 10.6. The highest BCUT2D eigenvalue weighted by molar-refractivity contribution is 6.30. The van der Waals surface area contributed by atoms with Crippen LogP contribution in [0.3, 0.4) is 0 Å². The van der Waals surface area contributed by atoms with Crippen molar-refractivity contribution in [1.29, 1.82) is 0 Å². The molecule has 1 heterocycles. The van der Waals surface area contributed by atoms with Crippen LogP contribution in [0.5, 0.6) is 0 Å². The summed E-state index contributed by atoms with van der Waals surface area (Å²) in [5, 5.41) is 3.12. The number of carbonyl (C=O) groups is 1. The minimum Gasteiger partial charge on any atom is -0.330 e. The zero-order chi connectivity index (χ0) is 13.4. The molecule has 3 nitrogen and oxygen atoms in total. The molecule has 0 spiro atoms. The van der Waals surface area contributed by atoms with E-state index in [-0.39, 0.29) is 18.1 Å². The Morgan fingerprint density at radius 2 is 2.00 bits per heavy atom. The van der Waals surface area contributed by atoms with Crippen molar-refractivity contribution in [1.82, 2.24) is 0 Å². The molecular formula is C14H10ClFN2O. The van der Waals surface area contributed by atoms with Gasteiger partial charge in [0.25, 0.3) is 0 Å². The smallest absolute Gasteiger partial charge is 0.244 e. The average Bonchev–Trinajstić information content (AvgIpc) is 2.39. The number of benzene rings is 2. The third kappa shape index (κ3) is 2.15. The third-order valence-electron chi connectivity index (χ3n) is 2.97. The van der Waals surface area contributed by atoms with Gasteiger partial charge in [-0.25, -0.2) is 4.39 Å². The van der Waals surface area contributed by atoms with Crippen LogP contribution in [0, 0.1) is 5.82 Å². The van der Waals surface area contributed by atoms with Gasteiger partial charge >= 0.3 is 0 Å². The van der Waals surface area contributed by atoms with E-state index in [1.807, 2.05) is 6.07 Å². The Hall–Kier alpha value is -2.07. The zero-order valence-electron chi connectivity index (χ0n) is 9.86. The van der Waals surface area contributed by atoms with Gasteiger partial charge in [0, 0.05) is 10.7 Å². The van der Waals surface area contributed by atoms with E-state index in [1.165, 1.54) is 6.07 Å². The number of halogens is 2. The number of nitrogens with one attached hydrogen (secondary N) is 1. The Labute approximate surface area is 114 Å². The Morgan fingerprint density at radius 3 is 2.79 bits per heavy atom. The first-order valence-corrected chi connectivity index (χ1v) is 6.14. The second-order valence-electron chi connectivity index (χ2n) is 4.25. The van der Waals surface area contributed by atoms with E-state index in [0.717, 1.165) is 5.69 Å². The van der Waals surface area contributed by atoms with Crippen molar-refractivity contribution in [2.45, 2.75) is 0 Å². The van der Waals surface area contributed by atoms with Gasteiger partial charge in [0.2, 0.25) is 5.91 Å². The predicted molar refractivity (Wildman–Crippen MR) is 73.5 cm³/mol. The molecule has 0 aromatic heterocycles. The quantitative estimate of drug-likeness (QED) is 0.864. The van der Waals surface area contributed by atoms with Crippen LogP contribution in [-0.2, 0) is 4.79 Å². The topological polar surface area (TPSA) is 32.3 Å². The first-order valence-electron chi connectivity index (χ1n) is 5.76. The number of carbonyl (C=O) groups excluding carboxylic acids is 1. The molecule has 0 bridgehead atoms. The fraction of sp³-hybridized carbons (Fsp3) is 0.0714. The maximum atomic E-state index is 13.7. The van der Waals surface area contributed by atoms with E-state index < -0.39 is 5.82 Å². The lowest BCUT2D eigenvalue weighted by molar-refractivity contribution is -0.115. The van der Waals surface area contributed by atoms with Crippen molar-refractivity contribution in [3.05, 3.63) is 53.3 Å². The van der Waals surface area contributed by atoms with Gasteiger partial charge in [-0.3, -0.25) is 4.79 Å². The lowest BCUT2D eigenvalue weighted by Crippen LogP contribution is -2.35. The van der Waals surface area contributed by atoms with E-state index in [2.05, 4.69) is 5.32 Å². The van der Waals surface area contributed by atoms with Crippen LogP contribution < -0.4 is 10.2 Å². The maximum Gasteiger partial charge on any atom is 0.244 e. The second-order valence-corrected chi connectivity index (χ2v) is 4.68. The van der Waals surface area contributed by atoms with Crippen LogP contribution >= 0.6 is 11.6 Å². The molecule has 0 unspecified atom stereocenters. The van der Waals surface area contributed by atoms with Crippen LogP contribution in [0.1, 0.15) is 0 Å². The molecule has 0 saturated heterocycles. The number of rotatable bonds is 1. The lowest BCUT2D eigenvalue weighted by atomic mass is 10.1. The molecule has 1 aliphatic heterocycles. The Balaban J connectivity index is 2.14. The summed E-state index contributed by atoms with van der Waals surface area (Å²) >= 11 is 5.96. The molecule has 1 aliphatic rings. The molecule has 0 saturated carbocycles. The molecule has 5 heteroatoms. The number of para-hydroxylation sites is 1. The molecule has 0 atom stereocenters. The largest absolute Gasteiger partial charge is 0.330 e. The highest BCUT2D eigenvalue weighted by atomic mass is 35.5. The number of nitrogens with zero attached hydrogens (tertiary/aromatic N) is 1. The molecule has 0 fully saturated rings. The summed E-state index contributed by atoms with van der Waals surface area (Å²) in [5.41, 5.74) is 1.59. The summed E-state index contributed by atoms with van der Waals surface area (Å²) in [5.74, 6) is -0.699. The average molecular weight is 277 g/mol. The number of hydrogen-bond donors (Lipinski definition) is 1. The highest BCUT2D eigenvalue weighted by Gasteiger charge is 2.25. The fourth-order valence-electron chi connectivity index (χ4n) is 2.14. The SMILES string of the molecule is O=C1CN(c2cccc(Cl)c2)c2cccc(F)c2N1. The van der Waals surface area contributed by atoms with Crippen LogP contribution in [0.2, 0.25) is 5.02 Å². The molecule has 3 rings (SSSR count). The highest BCUT2D eigenvalue weighted by Crippen LogP contribution is 2.37. The van der Waals surface area contributed by atoms with Gasteiger partial charge in [0.1, 0.15) is 18.0 Å². The third-order valence-corrected chi connectivity index (χ3v) is 3.20. The summed E-state index contributed by atoms with van der Waals surface area (Å²) in [4.78, 5) is 13.4. The van der Waals surface area contributed by atoms with Crippen molar-refractivity contribution < 1.29 is 9.18 Å². The number of hydrogen-bond acceptors (Lipinski definition) is 2. The number of anilines is 3. The Bertz CT molecular complexity index is 660. The van der Waals surface area contributed by atoms with Crippen molar-refractivity contribution in [3.8, 4) is 0 Å². The van der Waals surface area contributed by atoms with Gasteiger partial charge < -0.3 is 10.2 Å². The standard InChI is InChI=1S/C14H10ClFN2O/c15-9-3-1-4-10(7-9)18-8-13(19)17-14-11(16)5-2-6-12(14)18/h1-7H,8H2,(H,17,19). The fourth-order valence-corrected chi connectivity index (χ4v) is 2.33. The lowest BCUT2D eigenvalue weighted by Gasteiger charge is -2.31. The van der Waals surface area contributed by atoms with Gasteiger partial charge in [-0.05, 0) is 30.3 Å². The molecule has 96 valence electrons. The Morgan fingerprint density at radius 1 is 1.21 bits per heavy atom. The van der Waals surface area contributed by atoms with E-state index in [9.17, 15) is 9.18 Å². The second kappa shape index (κ2) is 4.55. The van der Waals surface area contributed by atoms with Crippen molar-refractivity contribution >= 4 is 34.6 Å². The van der Waals surface area contributed by atoms with Crippen LogP contribution in [-0.4, -0.2) is 12.5 Å². The maximum absolute atomic E-state index is 13.7. The van der Waals surface area contributed by atoms with Crippen molar-refractivity contribution in [2.24, 2.45) is 0 Å². The van der Waals surface area contributed by atoms with Gasteiger partial charge in [-0.15, -0.1) is 0 Å². The molecule has 1 N–H and O–H groups in total. The summed E-state index contributed by atoms with van der Waals surface area (Å²) < 4.78 is 13.7. The van der Waals surface area contributed by atoms with Crippen molar-refractivity contribution in [3.63, 3.8) is 0 Å². The van der Waals surface area contributed by atoms with Gasteiger partial charge in [0.15, 0.2) is 0 Å². The van der Waals surface area contributed by atoms with Crippen LogP contribution in [0.25, 0.3) is 0 Å². The molecule has 0 aliphatic carbocycles. The molecule has 0 radical (unpaired) electrons. The molecule has 2 aromatic rings. The molecule has 2 aromatic carbocycles. The summed E-state index contributed by atoms with van der Waals surface area (Å²) in [7, 11) is 0. The van der Waals surface area contributed by atoms with E-state index >= 15 is 0 Å². The first-order chi connectivity index (χ1) is 9.15. The Kier molecular flexibility index (Phi) is 2.87. The normalized spacial score (nSPS) is 14.0. The monoisotopic (exact) mass is 276 g/mol. The van der Waals surface area contributed by atoms with Gasteiger partial charge in [0.05, 0.1) is 5.69 Å². The van der Waals surface area contributed by atoms with Gasteiger partial charge in [-0.1, -0.05) is 23.7 Å². The van der Waals surface area contributed by atoms with E-state index in [1.54, 1.807) is 35.2 Å².